The first-order valence-corrected chi connectivity index (χ1v) is 9.87. The molecule has 1 aromatic rings. The van der Waals surface area contributed by atoms with Crippen LogP contribution in [-0.2, 0) is 6.42 Å². The zero-order valence-electron chi connectivity index (χ0n) is 15.2. The number of carbonyl (C=O) groups excluding carboxylic acids is 1. The SMILES string of the molecule is COc1cc2c(cc1OC1CCCC1)C(=O)C(CC1CCNCC1)C2. The van der Waals surface area contributed by atoms with E-state index in [0.29, 0.717) is 11.7 Å². The Labute approximate surface area is 150 Å². The van der Waals surface area contributed by atoms with Crippen LogP contribution in [0.3, 0.4) is 0 Å². The number of benzene rings is 1. The molecular formula is C21H29NO3. The van der Waals surface area contributed by atoms with Crippen molar-refractivity contribution in [2.45, 2.75) is 57.5 Å². The zero-order chi connectivity index (χ0) is 17.2. The summed E-state index contributed by atoms with van der Waals surface area (Å²) in [4.78, 5) is 12.9. The number of ether oxygens (including phenoxy) is 2. The topological polar surface area (TPSA) is 47.6 Å². The molecule has 1 unspecified atom stereocenters. The Morgan fingerprint density at radius 2 is 1.84 bits per heavy atom. The van der Waals surface area contributed by atoms with Crippen LogP contribution < -0.4 is 14.8 Å². The van der Waals surface area contributed by atoms with Gasteiger partial charge in [-0.25, -0.2) is 0 Å². The summed E-state index contributed by atoms with van der Waals surface area (Å²) in [7, 11) is 1.69. The van der Waals surface area contributed by atoms with Crippen molar-refractivity contribution in [2.75, 3.05) is 20.2 Å². The van der Waals surface area contributed by atoms with Gasteiger partial charge in [0, 0.05) is 11.5 Å². The summed E-state index contributed by atoms with van der Waals surface area (Å²) in [5.74, 6) is 2.67. The first kappa shape index (κ1) is 16.9. The molecule has 1 saturated carbocycles. The highest BCUT2D eigenvalue weighted by atomic mass is 16.5. The van der Waals surface area contributed by atoms with Crippen molar-refractivity contribution in [2.24, 2.45) is 11.8 Å². The lowest BCUT2D eigenvalue weighted by molar-refractivity contribution is 0.0912. The highest BCUT2D eigenvalue weighted by molar-refractivity contribution is 6.02. The molecule has 25 heavy (non-hydrogen) atoms. The number of rotatable bonds is 5. The lowest BCUT2D eigenvalue weighted by atomic mass is 9.86. The molecule has 0 bridgehead atoms. The molecule has 4 heteroatoms. The summed E-state index contributed by atoms with van der Waals surface area (Å²) in [6.07, 6.45) is 9.21. The van der Waals surface area contributed by atoms with Crippen LogP contribution in [0.2, 0.25) is 0 Å². The molecule has 1 atom stereocenters. The van der Waals surface area contributed by atoms with Crippen molar-refractivity contribution in [1.29, 1.82) is 0 Å². The van der Waals surface area contributed by atoms with E-state index in [-0.39, 0.29) is 12.0 Å². The zero-order valence-corrected chi connectivity index (χ0v) is 15.2. The summed E-state index contributed by atoms with van der Waals surface area (Å²) in [5, 5.41) is 3.41. The van der Waals surface area contributed by atoms with Crippen molar-refractivity contribution in [3.05, 3.63) is 23.3 Å². The second-order valence-corrected chi connectivity index (χ2v) is 7.88. The molecule has 4 nitrogen and oxygen atoms in total. The van der Waals surface area contributed by atoms with Gasteiger partial charge in [-0.1, -0.05) is 0 Å². The van der Waals surface area contributed by atoms with Crippen molar-refractivity contribution < 1.29 is 14.3 Å². The summed E-state index contributed by atoms with van der Waals surface area (Å²) in [6, 6.07) is 4.00. The molecule has 2 aliphatic carbocycles. The number of carbonyl (C=O) groups is 1. The molecule has 136 valence electrons. The Hall–Kier alpha value is -1.55. The number of hydrogen-bond donors (Lipinski definition) is 1. The van der Waals surface area contributed by atoms with E-state index in [1.807, 2.05) is 12.1 Å². The summed E-state index contributed by atoms with van der Waals surface area (Å²) in [5.41, 5.74) is 2.01. The van der Waals surface area contributed by atoms with E-state index < -0.39 is 0 Å². The van der Waals surface area contributed by atoms with Gasteiger partial charge in [-0.15, -0.1) is 0 Å². The van der Waals surface area contributed by atoms with Gasteiger partial charge in [0.05, 0.1) is 13.2 Å². The largest absolute Gasteiger partial charge is 0.493 e. The lowest BCUT2D eigenvalue weighted by Gasteiger charge is -2.24. The second kappa shape index (κ2) is 7.36. The molecule has 1 aromatic carbocycles. The van der Waals surface area contributed by atoms with Crippen molar-refractivity contribution in [3.8, 4) is 11.5 Å². The molecule has 1 aliphatic heterocycles. The van der Waals surface area contributed by atoms with Crippen molar-refractivity contribution in [1.82, 2.24) is 5.32 Å². The van der Waals surface area contributed by atoms with Crippen LogP contribution in [0.25, 0.3) is 0 Å². The number of ketones is 1. The van der Waals surface area contributed by atoms with Crippen LogP contribution in [0.5, 0.6) is 11.5 Å². The molecule has 4 rings (SSSR count). The third kappa shape index (κ3) is 3.55. The Balaban J connectivity index is 1.51. The van der Waals surface area contributed by atoms with E-state index in [9.17, 15) is 4.79 Å². The van der Waals surface area contributed by atoms with Crippen molar-refractivity contribution in [3.63, 3.8) is 0 Å². The Morgan fingerprint density at radius 1 is 1.08 bits per heavy atom. The maximum Gasteiger partial charge on any atom is 0.166 e. The van der Waals surface area contributed by atoms with Gasteiger partial charge in [-0.3, -0.25) is 4.79 Å². The smallest absolute Gasteiger partial charge is 0.166 e. The fourth-order valence-corrected chi connectivity index (χ4v) is 4.73. The fraction of sp³-hybridized carbons (Fsp3) is 0.667. The summed E-state index contributed by atoms with van der Waals surface area (Å²) in [6.45, 7) is 2.18. The van der Waals surface area contributed by atoms with Crippen LogP contribution in [0.4, 0.5) is 0 Å². The highest BCUT2D eigenvalue weighted by Gasteiger charge is 2.34. The van der Waals surface area contributed by atoms with Gasteiger partial charge in [0.15, 0.2) is 17.3 Å². The number of methoxy groups -OCH3 is 1. The standard InChI is InChI=1S/C21H29NO3/c1-24-19-12-15-11-16(10-14-6-8-22-9-7-14)21(23)18(15)13-20(19)25-17-4-2-3-5-17/h12-14,16-17,22H,2-11H2,1H3. The minimum atomic E-state index is 0.143. The average Bonchev–Trinajstić information content (AvgIpc) is 3.24. The normalized spacial score (nSPS) is 24.5. The highest BCUT2D eigenvalue weighted by Crippen LogP contribution is 2.40. The maximum absolute atomic E-state index is 12.9. The minimum absolute atomic E-state index is 0.143. The van der Waals surface area contributed by atoms with Crippen LogP contribution in [0.1, 0.15) is 60.9 Å². The summed E-state index contributed by atoms with van der Waals surface area (Å²) < 4.78 is 11.7. The third-order valence-electron chi connectivity index (χ3n) is 6.16. The van der Waals surface area contributed by atoms with Gasteiger partial charge in [0.1, 0.15) is 0 Å². The van der Waals surface area contributed by atoms with E-state index >= 15 is 0 Å². The quantitative estimate of drug-likeness (QED) is 0.884. The first-order chi connectivity index (χ1) is 12.2. The number of nitrogens with one attached hydrogen (secondary N) is 1. The fourth-order valence-electron chi connectivity index (χ4n) is 4.73. The molecule has 3 aliphatic rings. The Bertz CT molecular complexity index is 630. The van der Waals surface area contributed by atoms with Gasteiger partial charge in [0.25, 0.3) is 0 Å². The molecule has 1 saturated heterocycles. The van der Waals surface area contributed by atoms with Gasteiger partial charge in [-0.05, 0) is 88.1 Å². The van der Waals surface area contributed by atoms with E-state index in [1.165, 1.54) is 25.7 Å². The molecule has 0 aromatic heterocycles. The maximum atomic E-state index is 12.9. The number of fused-ring (bicyclic) bond motifs is 1. The lowest BCUT2D eigenvalue weighted by Crippen LogP contribution is -2.29. The van der Waals surface area contributed by atoms with Crippen molar-refractivity contribution >= 4 is 5.78 Å². The summed E-state index contributed by atoms with van der Waals surface area (Å²) >= 11 is 0. The third-order valence-corrected chi connectivity index (χ3v) is 6.16. The van der Waals surface area contributed by atoms with E-state index in [4.69, 9.17) is 9.47 Å². The minimum Gasteiger partial charge on any atom is -0.493 e. The Morgan fingerprint density at radius 3 is 2.56 bits per heavy atom. The molecule has 0 amide bonds. The molecular weight excluding hydrogens is 314 g/mol. The predicted octanol–water partition coefficient (Wildman–Crippen LogP) is 3.76. The molecule has 0 spiro atoms. The van der Waals surface area contributed by atoms with Gasteiger partial charge in [0.2, 0.25) is 0 Å². The van der Waals surface area contributed by atoms with E-state index in [2.05, 4.69) is 5.32 Å². The van der Waals surface area contributed by atoms with Gasteiger partial charge >= 0.3 is 0 Å². The van der Waals surface area contributed by atoms with Crippen LogP contribution in [0.15, 0.2) is 12.1 Å². The Kier molecular flexibility index (Phi) is 4.98. The monoisotopic (exact) mass is 343 g/mol. The molecule has 2 fully saturated rings. The average molecular weight is 343 g/mol. The van der Waals surface area contributed by atoms with Gasteiger partial charge < -0.3 is 14.8 Å². The first-order valence-electron chi connectivity index (χ1n) is 9.87. The van der Waals surface area contributed by atoms with Crippen LogP contribution >= 0.6 is 0 Å². The second-order valence-electron chi connectivity index (χ2n) is 7.88. The molecule has 1 N–H and O–H groups in total. The number of Topliss-reactive ketones (excluding diaryl/α,β-unsaturated/α-hetero) is 1. The molecule has 1 heterocycles. The van der Waals surface area contributed by atoms with Gasteiger partial charge in [-0.2, -0.15) is 0 Å². The molecule has 0 radical (unpaired) electrons. The number of piperidine rings is 1. The van der Waals surface area contributed by atoms with Crippen LogP contribution in [0, 0.1) is 11.8 Å². The predicted molar refractivity (Wildman–Crippen MR) is 97.6 cm³/mol. The van der Waals surface area contributed by atoms with E-state index in [1.54, 1.807) is 7.11 Å². The van der Waals surface area contributed by atoms with Crippen LogP contribution in [-0.4, -0.2) is 32.1 Å². The number of hydrogen-bond acceptors (Lipinski definition) is 4. The van der Waals surface area contributed by atoms with E-state index in [0.717, 1.165) is 61.4 Å².